The molecular weight excluding hydrogens is 266 g/mol. The Morgan fingerprint density at radius 3 is 2.89 bits per heavy atom. The molecule has 8 heteroatoms. The number of benzene rings is 1. The number of hydrogen-bond acceptors (Lipinski definition) is 7. The molecule has 3 aromatic rings. The molecule has 0 aliphatic rings. The van der Waals surface area contributed by atoms with E-state index in [4.69, 9.17) is 0 Å². The van der Waals surface area contributed by atoms with E-state index >= 15 is 0 Å². The fraction of sp³-hybridized carbons (Fsp3) is 0.0909. The predicted molar refractivity (Wildman–Crippen MR) is 70.5 cm³/mol. The van der Waals surface area contributed by atoms with Crippen LogP contribution in [0.1, 0.15) is 5.82 Å². The lowest BCUT2D eigenvalue weighted by Crippen LogP contribution is -1.74. The Morgan fingerprint density at radius 2 is 2.16 bits per heavy atom. The number of H-pyrrole nitrogens is 1. The van der Waals surface area contributed by atoms with Crippen molar-refractivity contribution in [2.24, 2.45) is 10.2 Å². The molecule has 0 spiro atoms. The van der Waals surface area contributed by atoms with Crippen LogP contribution in [-0.2, 0) is 0 Å². The standard InChI is InChI=1S/C11H9N5O2S/c1-5-13-11(19-16-5)15-14-9-6-2-3-12-7(6)4-8(17)10(9)18/h2-4,12,17-18H,1H3/b15-14+. The van der Waals surface area contributed by atoms with E-state index in [9.17, 15) is 10.2 Å². The molecule has 96 valence electrons. The van der Waals surface area contributed by atoms with E-state index in [2.05, 4.69) is 24.6 Å². The maximum Gasteiger partial charge on any atom is 0.249 e. The third-order valence-electron chi connectivity index (χ3n) is 2.53. The quantitative estimate of drug-likeness (QED) is 0.493. The van der Waals surface area contributed by atoms with Gasteiger partial charge in [-0.1, -0.05) is 0 Å². The summed E-state index contributed by atoms with van der Waals surface area (Å²) in [5, 5.41) is 28.4. The Balaban J connectivity index is 2.11. The first-order valence-corrected chi connectivity index (χ1v) is 6.16. The Kier molecular flexibility index (Phi) is 2.64. The van der Waals surface area contributed by atoms with Crippen molar-refractivity contribution in [1.82, 2.24) is 14.3 Å². The molecular formula is C11H9N5O2S. The summed E-state index contributed by atoms with van der Waals surface area (Å²) in [6.45, 7) is 1.76. The topological polar surface area (TPSA) is 107 Å². The molecule has 3 N–H and O–H groups in total. The third kappa shape index (κ3) is 2.02. The highest BCUT2D eigenvalue weighted by Crippen LogP contribution is 2.42. The van der Waals surface area contributed by atoms with Crippen LogP contribution in [-0.4, -0.2) is 24.6 Å². The summed E-state index contributed by atoms with van der Waals surface area (Å²) in [5.41, 5.74) is 0.863. The maximum atomic E-state index is 9.85. The number of azo groups is 1. The van der Waals surface area contributed by atoms with Gasteiger partial charge in [-0.3, -0.25) is 0 Å². The van der Waals surface area contributed by atoms with Crippen molar-refractivity contribution in [2.45, 2.75) is 6.92 Å². The summed E-state index contributed by atoms with van der Waals surface area (Å²) in [4.78, 5) is 6.97. The van der Waals surface area contributed by atoms with Crippen LogP contribution >= 0.6 is 11.5 Å². The van der Waals surface area contributed by atoms with Gasteiger partial charge in [0.25, 0.3) is 0 Å². The first kappa shape index (κ1) is 11.6. The lowest BCUT2D eigenvalue weighted by Gasteiger charge is -2.02. The van der Waals surface area contributed by atoms with Gasteiger partial charge in [0.2, 0.25) is 5.13 Å². The SMILES string of the molecule is Cc1nsc(/N=N/c2c(O)c(O)cc3[nH]ccc23)n1. The summed E-state index contributed by atoms with van der Waals surface area (Å²) in [7, 11) is 0. The van der Waals surface area contributed by atoms with Crippen LogP contribution in [0.2, 0.25) is 0 Å². The number of rotatable bonds is 2. The van der Waals surface area contributed by atoms with Crippen molar-refractivity contribution >= 4 is 33.3 Å². The van der Waals surface area contributed by atoms with Crippen LogP contribution in [0.5, 0.6) is 11.5 Å². The third-order valence-corrected chi connectivity index (χ3v) is 3.23. The highest BCUT2D eigenvalue weighted by molar-refractivity contribution is 7.09. The first-order valence-electron chi connectivity index (χ1n) is 5.39. The monoisotopic (exact) mass is 275 g/mol. The minimum absolute atomic E-state index is 0.198. The number of hydrogen-bond donors (Lipinski definition) is 3. The smallest absolute Gasteiger partial charge is 0.249 e. The summed E-state index contributed by atoms with van der Waals surface area (Å²) in [6.07, 6.45) is 1.69. The molecule has 19 heavy (non-hydrogen) atoms. The van der Waals surface area contributed by atoms with Gasteiger partial charge in [0.1, 0.15) is 11.5 Å². The molecule has 1 aromatic carbocycles. The number of fused-ring (bicyclic) bond motifs is 1. The molecule has 0 aliphatic carbocycles. The van der Waals surface area contributed by atoms with E-state index in [1.165, 1.54) is 6.07 Å². The van der Waals surface area contributed by atoms with Gasteiger partial charge in [0.05, 0.1) is 5.52 Å². The second-order valence-corrected chi connectivity index (χ2v) is 4.59. The summed E-state index contributed by atoms with van der Waals surface area (Å²) < 4.78 is 3.98. The molecule has 0 amide bonds. The van der Waals surface area contributed by atoms with Crippen molar-refractivity contribution in [3.05, 3.63) is 24.2 Å². The van der Waals surface area contributed by atoms with Crippen molar-refractivity contribution < 1.29 is 10.2 Å². The van der Waals surface area contributed by atoms with Gasteiger partial charge in [-0.25, -0.2) is 4.98 Å². The van der Waals surface area contributed by atoms with Crippen LogP contribution in [0.4, 0.5) is 10.8 Å². The van der Waals surface area contributed by atoms with E-state index in [0.29, 0.717) is 21.9 Å². The first-order chi connectivity index (χ1) is 9.15. The zero-order chi connectivity index (χ0) is 13.4. The van der Waals surface area contributed by atoms with Gasteiger partial charge >= 0.3 is 0 Å². The second kappa shape index (κ2) is 4.32. The molecule has 0 atom stereocenters. The zero-order valence-electron chi connectivity index (χ0n) is 9.82. The largest absolute Gasteiger partial charge is 0.504 e. The minimum atomic E-state index is -0.308. The Bertz CT molecular complexity index is 777. The van der Waals surface area contributed by atoms with E-state index < -0.39 is 0 Å². The number of phenols is 2. The normalized spacial score (nSPS) is 11.6. The highest BCUT2D eigenvalue weighted by Gasteiger charge is 2.13. The molecule has 0 saturated heterocycles. The number of aromatic amines is 1. The van der Waals surface area contributed by atoms with Crippen molar-refractivity contribution in [1.29, 1.82) is 0 Å². The lowest BCUT2D eigenvalue weighted by atomic mass is 10.2. The van der Waals surface area contributed by atoms with Gasteiger partial charge in [0, 0.05) is 29.2 Å². The van der Waals surface area contributed by atoms with Gasteiger partial charge in [0.15, 0.2) is 11.5 Å². The Labute approximate surface area is 111 Å². The fourth-order valence-electron chi connectivity index (χ4n) is 1.68. The predicted octanol–water partition coefficient (Wildman–Crippen LogP) is 3.15. The molecule has 0 saturated carbocycles. The molecule has 0 unspecified atom stereocenters. The Morgan fingerprint density at radius 1 is 1.32 bits per heavy atom. The van der Waals surface area contributed by atoms with Crippen molar-refractivity contribution in [3.8, 4) is 11.5 Å². The molecule has 3 rings (SSSR count). The molecule has 2 heterocycles. The number of phenolic OH excluding ortho intramolecular Hbond substituents is 2. The number of nitrogens with zero attached hydrogens (tertiary/aromatic N) is 4. The minimum Gasteiger partial charge on any atom is -0.504 e. The van der Waals surface area contributed by atoms with E-state index in [0.717, 1.165) is 11.5 Å². The summed E-state index contributed by atoms with van der Waals surface area (Å²) in [6, 6.07) is 3.17. The van der Waals surface area contributed by atoms with E-state index in [1.54, 1.807) is 19.2 Å². The number of aromatic nitrogens is 3. The zero-order valence-corrected chi connectivity index (χ0v) is 10.6. The van der Waals surface area contributed by atoms with E-state index in [1.807, 2.05) is 0 Å². The molecule has 0 bridgehead atoms. The van der Waals surface area contributed by atoms with Crippen LogP contribution in [0.25, 0.3) is 10.9 Å². The number of aryl methyl sites for hydroxylation is 1. The number of nitrogens with one attached hydrogen (secondary N) is 1. The summed E-state index contributed by atoms with van der Waals surface area (Å²) >= 11 is 1.11. The van der Waals surface area contributed by atoms with Gasteiger partial charge < -0.3 is 15.2 Å². The summed E-state index contributed by atoms with van der Waals surface area (Å²) in [5.74, 6) is 0.0558. The average Bonchev–Trinajstić information content (AvgIpc) is 2.99. The van der Waals surface area contributed by atoms with Crippen LogP contribution in [0, 0.1) is 6.92 Å². The van der Waals surface area contributed by atoms with Crippen LogP contribution in [0.3, 0.4) is 0 Å². The van der Waals surface area contributed by atoms with Gasteiger partial charge in [-0.15, -0.1) is 10.2 Å². The molecule has 7 nitrogen and oxygen atoms in total. The molecule has 2 aromatic heterocycles. The Hall–Kier alpha value is -2.48. The fourth-order valence-corrected chi connectivity index (χ4v) is 2.19. The van der Waals surface area contributed by atoms with Crippen molar-refractivity contribution in [2.75, 3.05) is 0 Å². The van der Waals surface area contributed by atoms with Crippen LogP contribution in [0.15, 0.2) is 28.6 Å². The highest BCUT2D eigenvalue weighted by atomic mass is 32.1. The lowest BCUT2D eigenvalue weighted by molar-refractivity contribution is 0.405. The van der Waals surface area contributed by atoms with E-state index in [-0.39, 0.29) is 17.2 Å². The number of aromatic hydroxyl groups is 2. The van der Waals surface area contributed by atoms with Gasteiger partial charge in [-0.05, 0) is 13.0 Å². The van der Waals surface area contributed by atoms with Crippen LogP contribution < -0.4 is 0 Å². The molecule has 0 radical (unpaired) electrons. The maximum absolute atomic E-state index is 9.85. The van der Waals surface area contributed by atoms with Gasteiger partial charge in [-0.2, -0.15) is 4.37 Å². The molecule has 0 aliphatic heterocycles. The average molecular weight is 275 g/mol. The van der Waals surface area contributed by atoms with Crippen molar-refractivity contribution in [3.63, 3.8) is 0 Å². The second-order valence-electron chi connectivity index (χ2n) is 3.86. The molecule has 0 fully saturated rings.